The summed E-state index contributed by atoms with van der Waals surface area (Å²) in [6, 6.07) is 6.24. The monoisotopic (exact) mass is 263 g/mol. The first-order valence-electron chi connectivity index (χ1n) is 5.18. The minimum absolute atomic E-state index is 0.0140. The largest absolute Gasteiger partial charge is 0.506 e. The molecule has 0 aliphatic carbocycles. The normalized spacial score (nSPS) is 10.3. The maximum Gasteiger partial charge on any atom is 0.337 e. The van der Waals surface area contributed by atoms with E-state index in [2.05, 4.69) is 4.98 Å². The fourth-order valence-corrected chi connectivity index (χ4v) is 1.79. The van der Waals surface area contributed by atoms with E-state index in [1.54, 1.807) is 18.2 Å². The molecule has 0 amide bonds. The zero-order chi connectivity index (χ0) is 13.3. The van der Waals surface area contributed by atoms with Crippen LogP contribution in [0.4, 0.5) is 0 Å². The zero-order valence-electron chi connectivity index (χ0n) is 9.51. The number of aromatic hydroxyl groups is 1. The van der Waals surface area contributed by atoms with Crippen LogP contribution in [0, 0.1) is 6.92 Å². The van der Waals surface area contributed by atoms with E-state index in [-0.39, 0.29) is 16.3 Å². The molecular formula is C13H10ClNO3. The zero-order valence-corrected chi connectivity index (χ0v) is 10.3. The van der Waals surface area contributed by atoms with Crippen molar-refractivity contribution in [1.82, 2.24) is 4.98 Å². The molecule has 0 atom stereocenters. The molecule has 1 heterocycles. The fraction of sp³-hybridized carbons (Fsp3) is 0.0769. The van der Waals surface area contributed by atoms with E-state index in [0.717, 1.165) is 11.1 Å². The van der Waals surface area contributed by atoms with E-state index < -0.39 is 5.97 Å². The molecule has 0 saturated carbocycles. The Hall–Kier alpha value is -2.07. The highest BCUT2D eigenvalue weighted by molar-refractivity contribution is 6.32. The predicted molar refractivity (Wildman–Crippen MR) is 68.0 cm³/mol. The smallest absolute Gasteiger partial charge is 0.337 e. The molecule has 1 aromatic carbocycles. The van der Waals surface area contributed by atoms with Crippen molar-refractivity contribution < 1.29 is 15.0 Å². The lowest BCUT2D eigenvalue weighted by Gasteiger charge is -2.07. The second-order valence-electron chi connectivity index (χ2n) is 3.86. The lowest BCUT2D eigenvalue weighted by molar-refractivity contribution is 0.0696. The number of rotatable bonds is 2. The van der Waals surface area contributed by atoms with Gasteiger partial charge in [0.25, 0.3) is 0 Å². The number of phenolic OH excluding ortho intramolecular Hbond substituents is 1. The first kappa shape index (κ1) is 12.4. The van der Waals surface area contributed by atoms with Gasteiger partial charge in [-0.2, -0.15) is 0 Å². The van der Waals surface area contributed by atoms with Crippen molar-refractivity contribution in [2.24, 2.45) is 0 Å². The number of nitrogens with zero attached hydrogens (tertiary/aromatic N) is 1. The van der Waals surface area contributed by atoms with Gasteiger partial charge in [-0.1, -0.05) is 11.6 Å². The molecule has 0 unspecified atom stereocenters. The SMILES string of the molecule is Cc1cc(O)c(Cl)cc1-c1ccc(C(=O)O)cn1. The van der Waals surface area contributed by atoms with Crippen LogP contribution in [0.2, 0.25) is 5.02 Å². The van der Waals surface area contributed by atoms with Crippen molar-refractivity contribution in [2.75, 3.05) is 0 Å². The van der Waals surface area contributed by atoms with Crippen LogP contribution in [0.25, 0.3) is 11.3 Å². The van der Waals surface area contributed by atoms with Crippen molar-refractivity contribution in [3.05, 3.63) is 46.6 Å². The quantitative estimate of drug-likeness (QED) is 0.873. The Bertz CT molecular complexity index is 608. The van der Waals surface area contributed by atoms with E-state index in [4.69, 9.17) is 16.7 Å². The van der Waals surface area contributed by atoms with Gasteiger partial charge in [-0.3, -0.25) is 4.98 Å². The first-order valence-corrected chi connectivity index (χ1v) is 5.55. The topological polar surface area (TPSA) is 70.4 Å². The summed E-state index contributed by atoms with van der Waals surface area (Å²) in [6.07, 6.45) is 1.29. The molecule has 0 radical (unpaired) electrons. The number of carboxylic acids is 1. The predicted octanol–water partition coefficient (Wildman–Crippen LogP) is 3.11. The number of phenols is 1. The summed E-state index contributed by atoms with van der Waals surface area (Å²) in [5.74, 6) is -1.01. The van der Waals surface area contributed by atoms with Crippen LogP contribution in [0.15, 0.2) is 30.5 Å². The molecule has 0 saturated heterocycles. The number of benzene rings is 1. The van der Waals surface area contributed by atoms with Gasteiger partial charge < -0.3 is 10.2 Å². The molecule has 5 heteroatoms. The summed E-state index contributed by atoms with van der Waals surface area (Å²) >= 11 is 5.85. The molecule has 92 valence electrons. The van der Waals surface area contributed by atoms with Gasteiger partial charge in [-0.15, -0.1) is 0 Å². The summed E-state index contributed by atoms with van der Waals surface area (Å²) in [4.78, 5) is 14.8. The minimum Gasteiger partial charge on any atom is -0.506 e. The Kier molecular flexibility index (Phi) is 3.21. The van der Waals surface area contributed by atoms with Crippen LogP contribution in [0.1, 0.15) is 15.9 Å². The minimum atomic E-state index is -1.02. The number of carbonyl (C=O) groups is 1. The van der Waals surface area contributed by atoms with Crippen LogP contribution in [0.3, 0.4) is 0 Å². The molecular weight excluding hydrogens is 254 g/mol. The van der Waals surface area contributed by atoms with Gasteiger partial charge >= 0.3 is 5.97 Å². The molecule has 2 aromatic rings. The van der Waals surface area contributed by atoms with Crippen LogP contribution in [-0.4, -0.2) is 21.2 Å². The summed E-state index contributed by atoms with van der Waals surface area (Å²) in [5, 5.41) is 18.5. The van der Waals surface area contributed by atoms with Crippen LogP contribution >= 0.6 is 11.6 Å². The Morgan fingerprint density at radius 3 is 2.61 bits per heavy atom. The van der Waals surface area contributed by atoms with Gasteiger partial charge in [0, 0.05) is 11.8 Å². The number of hydrogen-bond acceptors (Lipinski definition) is 3. The number of pyridine rings is 1. The van der Waals surface area contributed by atoms with Gasteiger partial charge in [0.2, 0.25) is 0 Å². The summed E-state index contributed by atoms with van der Waals surface area (Å²) < 4.78 is 0. The highest BCUT2D eigenvalue weighted by Crippen LogP contribution is 2.31. The van der Waals surface area contributed by atoms with E-state index in [1.165, 1.54) is 12.3 Å². The second-order valence-corrected chi connectivity index (χ2v) is 4.26. The summed E-state index contributed by atoms with van der Waals surface area (Å²) in [6.45, 7) is 1.82. The third kappa shape index (κ3) is 2.28. The molecule has 0 bridgehead atoms. The third-order valence-electron chi connectivity index (χ3n) is 2.58. The molecule has 2 N–H and O–H groups in total. The lowest BCUT2D eigenvalue weighted by Crippen LogP contribution is -1.97. The summed E-state index contributed by atoms with van der Waals surface area (Å²) in [7, 11) is 0. The molecule has 4 nitrogen and oxygen atoms in total. The number of hydrogen-bond donors (Lipinski definition) is 2. The Morgan fingerprint density at radius 2 is 2.06 bits per heavy atom. The molecule has 0 aliphatic heterocycles. The third-order valence-corrected chi connectivity index (χ3v) is 2.88. The van der Waals surface area contributed by atoms with E-state index in [9.17, 15) is 9.90 Å². The van der Waals surface area contributed by atoms with Crippen molar-refractivity contribution in [3.8, 4) is 17.0 Å². The van der Waals surface area contributed by atoms with Crippen molar-refractivity contribution >= 4 is 17.6 Å². The molecule has 18 heavy (non-hydrogen) atoms. The molecule has 0 fully saturated rings. The fourth-order valence-electron chi connectivity index (χ4n) is 1.62. The molecule has 0 aliphatic rings. The Labute approximate surface area is 108 Å². The lowest BCUT2D eigenvalue weighted by atomic mass is 10.0. The van der Waals surface area contributed by atoms with Crippen LogP contribution in [-0.2, 0) is 0 Å². The average Bonchev–Trinajstić information content (AvgIpc) is 2.34. The van der Waals surface area contributed by atoms with Gasteiger partial charge in [-0.05, 0) is 36.8 Å². The average molecular weight is 264 g/mol. The van der Waals surface area contributed by atoms with E-state index >= 15 is 0 Å². The highest BCUT2D eigenvalue weighted by Gasteiger charge is 2.09. The number of aromatic carboxylic acids is 1. The standard InChI is InChI=1S/C13H10ClNO3/c1-7-4-12(16)10(14)5-9(7)11-3-2-8(6-15-11)13(17)18/h2-6,16H,1H3,(H,17,18). The number of aromatic nitrogens is 1. The van der Waals surface area contributed by atoms with Gasteiger partial charge in [-0.25, -0.2) is 4.79 Å². The Balaban J connectivity index is 2.49. The van der Waals surface area contributed by atoms with Gasteiger partial charge in [0.05, 0.1) is 16.3 Å². The molecule has 0 spiro atoms. The van der Waals surface area contributed by atoms with Crippen LogP contribution < -0.4 is 0 Å². The van der Waals surface area contributed by atoms with Crippen LogP contribution in [0.5, 0.6) is 5.75 Å². The van der Waals surface area contributed by atoms with Crippen molar-refractivity contribution in [1.29, 1.82) is 0 Å². The van der Waals surface area contributed by atoms with E-state index in [1.807, 2.05) is 6.92 Å². The van der Waals surface area contributed by atoms with Crippen molar-refractivity contribution in [2.45, 2.75) is 6.92 Å². The first-order chi connectivity index (χ1) is 8.49. The number of aryl methyl sites for hydroxylation is 1. The second kappa shape index (κ2) is 4.66. The van der Waals surface area contributed by atoms with E-state index in [0.29, 0.717) is 5.69 Å². The van der Waals surface area contributed by atoms with Gasteiger partial charge in [0.1, 0.15) is 5.75 Å². The molecule has 1 aromatic heterocycles. The summed E-state index contributed by atoms with van der Waals surface area (Å²) in [5.41, 5.74) is 2.31. The Morgan fingerprint density at radius 1 is 1.33 bits per heavy atom. The number of carboxylic acid groups (broad SMARTS) is 1. The molecule has 2 rings (SSSR count). The van der Waals surface area contributed by atoms with Gasteiger partial charge in [0.15, 0.2) is 0 Å². The number of halogens is 1. The highest BCUT2D eigenvalue weighted by atomic mass is 35.5. The van der Waals surface area contributed by atoms with Crippen molar-refractivity contribution in [3.63, 3.8) is 0 Å². The maximum absolute atomic E-state index is 10.7. The maximum atomic E-state index is 10.7.